The Morgan fingerprint density at radius 2 is 2.29 bits per heavy atom. The van der Waals surface area contributed by atoms with Crippen molar-refractivity contribution in [2.24, 2.45) is 0 Å². The largest absolute Gasteiger partial charge is 0.394 e. The molecule has 2 atom stereocenters. The first-order valence-corrected chi connectivity index (χ1v) is 7.09. The zero-order valence-corrected chi connectivity index (χ0v) is 12.2. The van der Waals surface area contributed by atoms with E-state index in [1.54, 1.807) is 11.1 Å². The van der Waals surface area contributed by atoms with E-state index in [1.807, 2.05) is 36.4 Å². The summed E-state index contributed by atoms with van der Waals surface area (Å²) in [5.74, 6) is -0.119. The van der Waals surface area contributed by atoms with E-state index < -0.39 is 0 Å². The van der Waals surface area contributed by atoms with Crippen LogP contribution in [-0.4, -0.2) is 57.2 Å². The van der Waals surface area contributed by atoms with E-state index in [1.165, 1.54) is 0 Å². The van der Waals surface area contributed by atoms with E-state index in [0.29, 0.717) is 18.8 Å². The second-order valence-electron chi connectivity index (χ2n) is 5.48. The number of aromatic nitrogens is 2. The van der Waals surface area contributed by atoms with Crippen molar-refractivity contribution >= 4 is 11.6 Å². The summed E-state index contributed by atoms with van der Waals surface area (Å²) in [6, 6.07) is 5.77. The predicted molar refractivity (Wildman–Crippen MR) is 77.3 cm³/mol. The SMILES string of the molecule is Cc1cccc2nc(C(=O)N3CC(C)OC(CO)C3)cn12. The molecular formula is C15H19N3O3. The molecule has 0 radical (unpaired) electrons. The molecule has 1 fully saturated rings. The van der Waals surface area contributed by atoms with E-state index in [9.17, 15) is 9.90 Å². The number of aliphatic hydroxyl groups excluding tert-OH is 1. The molecule has 1 N–H and O–H groups in total. The van der Waals surface area contributed by atoms with Gasteiger partial charge in [-0.15, -0.1) is 0 Å². The van der Waals surface area contributed by atoms with Gasteiger partial charge in [-0.3, -0.25) is 4.79 Å². The number of imidazole rings is 1. The van der Waals surface area contributed by atoms with Crippen molar-refractivity contribution in [3.63, 3.8) is 0 Å². The first kappa shape index (κ1) is 14.0. The number of carbonyl (C=O) groups excluding carboxylic acids is 1. The molecule has 0 aromatic carbocycles. The van der Waals surface area contributed by atoms with Gasteiger partial charge in [0.25, 0.3) is 5.91 Å². The van der Waals surface area contributed by atoms with E-state index in [-0.39, 0.29) is 24.7 Å². The number of hydrogen-bond donors (Lipinski definition) is 1. The molecule has 3 rings (SSSR count). The van der Waals surface area contributed by atoms with Gasteiger partial charge in [0.15, 0.2) is 0 Å². The number of amides is 1. The van der Waals surface area contributed by atoms with E-state index in [4.69, 9.17) is 4.74 Å². The molecule has 1 aliphatic rings. The topological polar surface area (TPSA) is 67.1 Å². The predicted octanol–water partition coefficient (Wildman–Crippen LogP) is 0.865. The minimum atomic E-state index is -0.323. The molecule has 1 aliphatic heterocycles. The number of aliphatic hydroxyl groups is 1. The number of fused-ring (bicyclic) bond motifs is 1. The lowest BCUT2D eigenvalue weighted by atomic mass is 10.2. The fourth-order valence-corrected chi connectivity index (χ4v) is 2.73. The van der Waals surface area contributed by atoms with Gasteiger partial charge in [-0.05, 0) is 26.0 Å². The summed E-state index contributed by atoms with van der Waals surface area (Å²) < 4.78 is 7.46. The van der Waals surface area contributed by atoms with Crippen LogP contribution in [0.3, 0.4) is 0 Å². The third-order valence-corrected chi connectivity index (χ3v) is 3.73. The van der Waals surface area contributed by atoms with Gasteiger partial charge in [-0.1, -0.05) is 6.07 Å². The van der Waals surface area contributed by atoms with Crippen molar-refractivity contribution < 1.29 is 14.6 Å². The van der Waals surface area contributed by atoms with Crippen molar-refractivity contribution in [1.82, 2.24) is 14.3 Å². The number of nitrogens with zero attached hydrogens (tertiary/aromatic N) is 3. The van der Waals surface area contributed by atoms with Crippen LogP contribution in [0.2, 0.25) is 0 Å². The maximum absolute atomic E-state index is 12.6. The van der Waals surface area contributed by atoms with Crippen LogP contribution in [0.4, 0.5) is 0 Å². The Balaban J connectivity index is 1.87. The lowest BCUT2D eigenvalue weighted by Gasteiger charge is -2.35. The number of carbonyl (C=O) groups is 1. The molecule has 112 valence electrons. The number of hydrogen-bond acceptors (Lipinski definition) is 4. The molecule has 0 bridgehead atoms. The van der Waals surface area contributed by atoms with Gasteiger partial charge >= 0.3 is 0 Å². The summed E-state index contributed by atoms with van der Waals surface area (Å²) in [7, 11) is 0. The summed E-state index contributed by atoms with van der Waals surface area (Å²) in [5.41, 5.74) is 2.22. The smallest absolute Gasteiger partial charge is 0.274 e. The first-order valence-electron chi connectivity index (χ1n) is 7.09. The summed E-state index contributed by atoms with van der Waals surface area (Å²) in [6.07, 6.45) is 1.36. The van der Waals surface area contributed by atoms with E-state index >= 15 is 0 Å². The van der Waals surface area contributed by atoms with Crippen molar-refractivity contribution in [2.75, 3.05) is 19.7 Å². The Kier molecular flexibility index (Phi) is 3.65. The molecule has 1 saturated heterocycles. The van der Waals surface area contributed by atoms with Crippen LogP contribution in [0, 0.1) is 6.92 Å². The molecular weight excluding hydrogens is 270 g/mol. The minimum absolute atomic E-state index is 0.0846. The molecule has 0 saturated carbocycles. The lowest BCUT2D eigenvalue weighted by Crippen LogP contribution is -2.50. The molecule has 21 heavy (non-hydrogen) atoms. The van der Waals surface area contributed by atoms with Gasteiger partial charge in [-0.2, -0.15) is 0 Å². The molecule has 2 aromatic rings. The van der Waals surface area contributed by atoms with Gasteiger partial charge in [0, 0.05) is 25.0 Å². The maximum Gasteiger partial charge on any atom is 0.274 e. The molecule has 0 aliphatic carbocycles. The summed E-state index contributed by atoms with van der Waals surface area (Å²) in [4.78, 5) is 18.7. The van der Waals surface area contributed by atoms with Crippen LogP contribution in [0.5, 0.6) is 0 Å². The van der Waals surface area contributed by atoms with Crippen LogP contribution in [0.1, 0.15) is 23.1 Å². The van der Waals surface area contributed by atoms with Crippen LogP contribution in [0.15, 0.2) is 24.4 Å². The maximum atomic E-state index is 12.6. The van der Waals surface area contributed by atoms with Gasteiger partial charge < -0.3 is 19.1 Å². The van der Waals surface area contributed by atoms with E-state index in [0.717, 1.165) is 11.3 Å². The average molecular weight is 289 g/mol. The van der Waals surface area contributed by atoms with Crippen LogP contribution in [-0.2, 0) is 4.74 Å². The molecule has 2 unspecified atom stereocenters. The van der Waals surface area contributed by atoms with Crippen molar-refractivity contribution in [3.05, 3.63) is 35.8 Å². The van der Waals surface area contributed by atoms with Crippen LogP contribution >= 0.6 is 0 Å². The highest BCUT2D eigenvalue weighted by Gasteiger charge is 2.29. The molecule has 1 amide bonds. The second-order valence-corrected chi connectivity index (χ2v) is 5.48. The fourth-order valence-electron chi connectivity index (χ4n) is 2.73. The molecule has 0 spiro atoms. The number of ether oxygens (including phenoxy) is 1. The highest BCUT2D eigenvalue weighted by molar-refractivity contribution is 5.93. The summed E-state index contributed by atoms with van der Waals surface area (Å²) in [5, 5.41) is 9.25. The van der Waals surface area contributed by atoms with Crippen molar-refractivity contribution in [3.8, 4) is 0 Å². The highest BCUT2D eigenvalue weighted by Crippen LogP contribution is 2.15. The zero-order chi connectivity index (χ0) is 15.0. The molecule has 2 aromatic heterocycles. The Morgan fingerprint density at radius 1 is 1.48 bits per heavy atom. The molecule has 6 nitrogen and oxygen atoms in total. The first-order chi connectivity index (χ1) is 10.1. The Labute approximate surface area is 123 Å². The highest BCUT2D eigenvalue weighted by atomic mass is 16.5. The monoisotopic (exact) mass is 289 g/mol. The van der Waals surface area contributed by atoms with Gasteiger partial charge in [0.2, 0.25) is 0 Å². The third-order valence-electron chi connectivity index (χ3n) is 3.73. The summed E-state index contributed by atoms with van der Waals surface area (Å²) in [6.45, 7) is 4.70. The van der Waals surface area contributed by atoms with E-state index in [2.05, 4.69) is 4.98 Å². The second kappa shape index (κ2) is 5.46. The fraction of sp³-hybridized carbons (Fsp3) is 0.467. The van der Waals surface area contributed by atoms with Gasteiger partial charge in [-0.25, -0.2) is 4.98 Å². The van der Waals surface area contributed by atoms with Gasteiger partial charge in [0.1, 0.15) is 11.3 Å². The van der Waals surface area contributed by atoms with Gasteiger partial charge in [0.05, 0.1) is 18.8 Å². The standard InChI is InChI=1S/C15H19N3O3/c1-10-4-3-5-14-16-13(8-18(10)14)15(20)17-6-11(2)21-12(7-17)9-19/h3-5,8,11-12,19H,6-7,9H2,1-2H3. The van der Waals surface area contributed by atoms with Crippen LogP contribution in [0.25, 0.3) is 5.65 Å². The quantitative estimate of drug-likeness (QED) is 0.890. The Bertz CT molecular complexity index is 667. The zero-order valence-electron chi connectivity index (χ0n) is 12.2. The number of rotatable bonds is 2. The Morgan fingerprint density at radius 3 is 3.00 bits per heavy atom. The van der Waals surface area contributed by atoms with Crippen molar-refractivity contribution in [2.45, 2.75) is 26.1 Å². The third kappa shape index (κ3) is 2.64. The summed E-state index contributed by atoms with van der Waals surface area (Å²) >= 11 is 0. The van der Waals surface area contributed by atoms with Crippen LogP contribution < -0.4 is 0 Å². The molecule has 3 heterocycles. The minimum Gasteiger partial charge on any atom is -0.394 e. The lowest BCUT2D eigenvalue weighted by molar-refractivity contribution is -0.0859. The number of pyridine rings is 1. The van der Waals surface area contributed by atoms with Crippen molar-refractivity contribution in [1.29, 1.82) is 0 Å². The normalized spacial score (nSPS) is 22.7. The number of morpholine rings is 1. The Hall–Kier alpha value is -1.92. The molecule has 6 heteroatoms. The number of aryl methyl sites for hydroxylation is 1. The average Bonchev–Trinajstić information content (AvgIpc) is 2.91.